The molecular weight excluding hydrogens is 397 g/mol. The average molecular weight is 423 g/mol. The zero-order valence-electron chi connectivity index (χ0n) is 13.3. The van der Waals surface area contributed by atoms with E-state index in [9.17, 15) is 0 Å². The largest absolute Gasteiger partial charge is 0.354 e. The lowest BCUT2D eigenvalue weighted by Gasteiger charge is -2.21. The van der Waals surface area contributed by atoms with Crippen molar-refractivity contribution in [2.75, 3.05) is 39.6 Å². The third-order valence-electron chi connectivity index (χ3n) is 2.82. The lowest BCUT2D eigenvalue weighted by molar-refractivity contribution is 0.469. The molecule has 0 unspecified atom stereocenters. The van der Waals surface area contributed by atoms with Gasteiger partial charge in [-0.25, -0.2) is 4.98 Å². The van der Waals surface area contributed by atoms with Crippen molar-refractivity contribution in [2.24, 2.45) is 4.99 Å². The number of guanidine groups is 1. The molecular formula is C14H26IN5S. The summed E-state index contributed by atoms with van der Waals surface area (Å²) in [5, 5.41) is 6.44. The van der Waals surface area contributed by atoms with Crippen molar-refractivity contribution >= 4 is 46.4 Å². The molecule has 0 spiro atoms. The van der Waals surface area contributed by atoms with Crippen LogP contribution in [0.5, 0.6) is 0 Å². The van der Waals surface area contributed by atoms with Crippen LogP contribution in [0.1, 0.15) is 18.5 Å². The standard InChI is InChI=1S/C14H25N5S.HI/c1-6-7-8-9-19(5)13(15-2)16-10-12-11-20-14(17-12)18(3)4;/h6,11H,1,7-10H2,2-5H3,(H,15,16);1H. The Labute approximate surface area is 149 Å². The Hall–Kier alpha value is -0.830. The van der Waals surface area contributed by atoms with Gasteiger partial charge < -0.3 is 15.1 Å². The van der Waals surface area contributed by atoms with Gasteiger partial charge in [-0.05, 0) is 12.8 Å². The lowest BCUT2D eigenvalue weighted by Crippen LogP contribution is -2.39. The minimum Gasteiger partial charge on any atom is -0.354 e. The number of hydrogen-bond acceptors (Lipinski definition) is 4. The Kier molecular flexibility index (Phi) is 10.4. The number of allylic oxidation sites excluding steroid dienone is 1. The number of aromatic nitrogens is 1. The van der Waals surface area contributed by atoms with Crippen molar-refractivity contribution in [3.8, 4) is 0 Å². The molecule has 0 aromatic carbocycles. The van der Waals surface area contributed by atoms with Crippen molar-refractivity contribution in [3.05, 3.63) is 23.7 Å². The van der Waals surface area contributed by atoms with E-state index in [0.29, 0.717) is 6.54 Å². The first kappa shape index (κ1) is 20.2. The molecule has 0 saturated carbocycles. The van der Waals surface area contributed by atoms with Gasteiger partial charge in [0.05, 0.1) is 12.2 Å². The van der Waals surface area contributed by atoms with Crippen LogP contribution in [0.15, 0.2) is 23.0 Å². The predicted molar refractivity (Wildman–Crippen MR) is 104 cm³/mol. The van der Waals surface area contributed by atoms with E-state index < -0.39 is 0 Å². The number of rotatable bonds is 7. The van der Waals surface area contributed by atoms with Crippen LogP contribution in [-0.4, -0.2) is 50.6 Å². The van der Waals surface area contributed by atoms with Gasteiger partial charge in [0.2, 0.25) is 0 Å². The highest BCUT2D eigenvalue weighted by molar-refractivity contribution is 14.0. The second kappa shape index (κ2) is 10.8. The molecule has 1 heterocycles. The minimum atomic E-state index is 0. The molecule has 120 valence electrons. The van der Waals surface area contributed by atoms with Gasteiger partial charge in [-0.3, -0.25) is 4.99 Å². The van der Waals surface area contributed by atoms with Gasteiger partial charge in [0.1, 0.15) is 0 Å². The van der Waals surface area contributed by atoms with Crippen LogP contribution >= 0.6 is 35.3 Å². The third kappa shape index (κ3) is 7.12. The van der Waals surface area contributed by atoms with E-state index in [-0.39, 0.29) is 24.0 Å². The number of thiazole rings is 1. The topological polar surface area (TPSA) is 43.8 Å². The van der Waals surface area contributed by atoms with Gasteiger partial charge in [0, 0.05) is 40.1 Å². The summed E-state index contributed by atoms with van der Waals surface area (Å²) in [7, 11) is 7.86. The molecule has 21 heavy (non-hydrogen) atoms. The van der Waals surface area contributed by atoms with Gasteiger partial charge >= 0.3 is 0 Å². The molecule has 7 heteroatoms. The zero-order chi connectivity index (χ0) is 15.0. The second-order valence-corrected chi connectivity index (χ2v) is 5.61. The molecule has 0 aliphatic heterocycles. The fourth-order valence-corrected chi connectivity index (χ4v) is 2.47. The molecule has 0 radical (unpaired) electrons. The third-order valence-corrected chi connectivity index (χ3v) is 3.88. The maximum atomic E-state index is 4.55. The molecule has 0 fully saturated rings. The minimum absolute atomic E-state index is 0. The van der Waals surface area contributed by atoms with E-state index in [1.807, 2.05) is 32.1 Å². The number of anilines is 1. The summed E-state index contributed by atoms with van der Waals surface area (Å²) in [6.45, 7) is 5.40. The molecule has 1 aromatic rings. The molecule has 0 bridgehead atoms. The van der Waals surface area contributed by atoms with Crippen molar-refractivity contribution in [2.45, 2.75) is 19.4 Å². The molecule has 0 atom stereocenters. The Morgan fingerprint density at radius 1 is 1.48 bits per heavy atom. The van der Waals surface area contributed by atoms with E-state index in [0.717, 1.165) is 36.2 Å². The SMILES string of the molecule is C=CCCCN(C)C(=NC)NCc1csc(N(C)C)n1.I. The van der Waals surface area contributed by atoms with Crippen LogP contribution in [0.25, 0.3) is 0 Å². The molecule has 0 aliphatic carbocycles. The second-order valence-electron chi connectivity index (χ2n) is 4.77. The van der Waals surface area contributed by atoms with Crippen molar-refractivity contribution < 1.29 is 0 Å². The van der Waals surface area contributed by atoms with E-state index >= 15 is 0 Å². The summed E-state index contributed by atoms with van der Waals surface area (Å²) < 4.78 is 0. The fourth-order valence-electron chi connectivity index (χ4n) is 1.72. The number of nitrogens with zero attached hydrogens (tertiary/aromatic N) is 4. The molecule has 0 aliphatic rings. The fraction of sp³-hybridized carbons (Fsp3) is 0.571. The Morgan fingerprint density at radius 3 is 2.71 bits per heavy atom. The molecule has 0 amide bonds. The highest BCUT2D eigenvalue weighted by Gasteiger charge is 2.07. The van der Waals surface area contributed by atoms with E-state index in [1.165, 1.54) is 0 Å². The zero-order valence-corrected chi connectivity index (χ0v) is 16.4. The highest BCUT2D eigenvalue weighted by atomic mass is 127. The van der Waals surface area contributed by atoms with Gasteiger partial charge in [-0.2, -0.15) is 0 Å². The summed E-state index contributed by atoms with van der Waals surface area (Å²) in [6, 6.07) is 0. The first-order valence-corrected chi connectivity index (χ1v) is 7.60. The maximum absolute atomic E-state index is 4.55. The van der Waals surface area contributed by atoms with Gasteiger partial charge in [0.15, 0.2) is 11.1 Å². The monoisotopic (exact) mass is 423 g/mol. The quantitative estimate of drug-likeness (QED) is 0.241. The van der Waals surface area contributed by atoms with Gasteiger partial charge in [0.25, 0.3) is 0 Å². The summed E-state index contributed by atoms with van der Waals surface area (Å²) in [5.41, 5.74) is 1.04. The number of aliphatic imine (C=N–C) groups is 1. The number of unbranched alkanes of at least 4 members (excludes halogenated alkanes) is 1. The number of hydrogen-bond donors (Lipinski definition) is 1. The van der Waals surface area contributed by atoms with E-state index in [2.05, 4.69) is 32.2 Å². The van der Waals surface area contributed by atoms with Crippen LogP contribution in [0.4, 0.5) is 5.13 Å². The first-order valence-electron chi connectivity index (χ1n) is 6.73. The molecule has 1 N–H and O–H groups in total. The lowest BCUT2D eigenvalue weighted by atomic mass is 10.3. The highest BCUT2D eigenvalue weighted by Crippen LogP contribution is 2.17. The Bertz CT molecular complexity index is 444. The number of nitrogens with one attached hydrogen (secondary N) is 1. The Morgan fingerprint density at radius 2 is 2.19 bits per heavy atom. The summed E-state index contributed by atoms with van der Waals surface area (Å²) in [6.07, 6.45) is 4.06. The van der Waals surface area contributed by atoms with E-state index in [4.69, 9.17) is 0 Å². The molecule has 1 rings (SSSR count). The summed E-state index contributed by atoms with van der Waals surface area (Å²) in [5.74, 6) is 0.897. The summed E-state index contributed by atoms with van der Waals surface area (Å²) >= 11 is 1.65. The summed E-state index contributed by atoms with van der Waals surface area (Å²) in [4.78, 5) is 13.0. The molecule has 1 aromatic heterocycles. The predicted octanol–water partition coefficient (Wildman–Crippen LogP) is 2.80. The Balaban J connectivity index is 0.00000400. The number of halogens is 1. The van der Waals surface area contributed by atoms with Crippen LogP contribution in [-0.2, 0) is 6.54 Å². The van der Waals surface area contributed by atoms with Crippen LogP contribution in [0, 0.1) is 0 Å². The van der Waals surface area contributed by atoms with Gasteiger partial charge in [-0.1, -0.05) is 6.08 Å². The van der Waals surface area contributed by atoms with Crippen molar-refractivity contribution in [3.63, 3.8) is 0 Å². The van der Waals surface area contributed by atoms with Crippen molar-refractivity contribution in [1.82, 2.24) is 15.2 Å². The van der Waals surface area contributed by atoms with Crippen LogP contribution < -0.4 is 10.2 Å². The average Bonchev–Trinajstić information content (AvgIpc) is 2.89. The molecule has 5 nitrogen and oxygen atoms in total. The maximum Gasteiger partial charge on any atom is 0.193 e. The van der Waals surface area contributed by atoms with E-state index in [1.54, 1.807) is 18.4 Å². The smallest absolute Gasteiger partial charge is 0.193 e. The van der Waals surface area contributed by atoms with Crippen LogP contribution in [0.2, 0.25) is 0 Å². The first-order chi connectivity index (χ1) is 9.58. The van der Waals surface area contributed by atoms with Gasteiger partial charge in [-0.15, -0.1) is 41.9 Å². The van der Waals surface area contributed by atoms with Crippen molar-refractivity contribution in [1.29, 1.82) is 0 Å². The normalized spacial score (nSPS) is 10.8. The van der Waals surface area contributed by atoms with Crippen LogP contribution in [0.3, 0.4) is 0 Å². The molecule has 0 saturated heterocycles.